The molecular formula is C18H18N4O3S. The standard InChI is InChI=1S/C18H18N4O3S/c1-9-4-6-12(7-5-9)13-8-14(22-21-13)16(23)19-11(3)17-20-10(2)15(26-17)18(24)25/h4-8,11H,1-3H3,(H,19,23)(H,21,22)(H,24,25). The van der Waals surface area contributed by atoms with Crippen LogP contribution in [-0.2, 0) is 0 Å². The number of carboxylic acid groups (broad SMARTS) is 1. The van der Waals surface area contributed by atoms with Crippen LogP contribution in [0.4, 0.5) is 0 Å². The third-order valence-corrected chi connectivity index (χ3v) is 5.22. The number of amides is 1. The third kappa shape index (κ3) is 3.65. The molecule has 0 saturated carbocycles. The number of hydrogen-bond donors (Lipinski definition) is 3. The van der Waals surface area contributed by atoms with Gasteiger partial charge in [0.15, 0.2) is 0 Å². The molecule has 0 spiro atoms. The van der Waals surface area contributed by atoms with E-state index in [-0.39, 0.29) is 10.8 Å². The molecule has 1 unspecified atom stereocenters. The number of rotatable bonds is 5. The number of benzene rings is 1. The predicted octanol–water partition coefficient (Wildman–Crippen LogP) is 3.34. The van der Waals surface area contributed by atoms with Crippen molar-refractivity contribution in [2.45, 2.75) is 26.8 Å². The van der Waals surface area contributed by atoms with Crippen molar-refractivity contribution >= 4 is 23.2 Å². The first kappa shape index (κ1) is 17.8. The van der Waals surface area contributed by atoms with Gasteiger partial charge in [0.05, 0.1) is 17.4 Å². The van der Waals surface area contributed by atoms with Crippen LogP contribution in [0.25, 0.3) is 11.3 Å². The minimum absolute atomic E-state index is 0.185. The Morgan fingerprint density at radius 2 is 1.92 bits per heavy atom. The average Bonchev–Trinajstić information content (AvgIpc) is 3.22. The van der Waals surface area contributed by atoms with Gasteiger partial charge in [-0.05, 0) is 26.8 Å². The fourth-order valence-corrected chi connectivity index (χ4v) is 3.36. The molecule has 3 N–H and O–H groups in total. The van der Waals surface area contributed by atoms with E-state index in [1.807, 2.05) is 31.2 Å². The molecule has 8 heteroatoms. The highest BCUT2D eigenvalue weighted by Gasteiger charge is 2.20. The molecule has 3 rings (SSSR count). The number of thiazole rings is 1. The lowest BCUT2D eigenvalue weighted by molar-refractivity contribution is 0.0701. The lowest BCUT2D eigenvalue weighted by Gasteiger charge is -2.09. The number of carbonyl (C=O) groups is 2. The van der Waals surface area contributed by atoms with E-state index in [9.17, 15) is 9.59 Å². The fourth-order valence-electron chi connectivity index (χ4n) is 2.45. The van der Waals surface area contributed by atoms with Crippen LogP contribution >= 0.6 is 11.3 Å². The van der Waals surface area contributed by atoms with Gasteiger partial charge < -0.3 is 10.4 Å². The first-order valence-corrected chi connectivity index (χ1v) is 8.80. The maximum absolute atomic E-state index is 12.4. The summed E-state index contributed by atoms with van der Waals surface area (Å²) in [6, 6.07) is 9.13. The summed E-state index contributed by atoms with van der Waals surface area (Å²) < 4.78 is 0. The topological polar surface area (TPSA) is 108 Å². The molecule has 0 bridgehead atoms. The molecule has 0 fully saturated rings. The number of aromatic nitrogens is 3. The second-order valence-corrected chi connectivity index (χ2v) is 7.03. The summed E-state index contributed by atoms with van der Waals surface area (Å²) in [5.74, 6) is -1.34. The summed E-state index contributed by atoms with van der Waals surface area (Å²) in [4.78, 5) is 28.0. The second-order valence-electron chi connectivity index (χ2n) is 6.00. The minimum Gasteiger partial charge on any atom is -0.477 e. The number of nitrogens with one attached hydrogen (secondary N) is 2. The predicted molar refractivity (Wildman–Crippen MR) is 98.5 cm³/mol. The van der Waals surface area contributed by atoms with Gasteiger partial charge in [-0.3, -0.25) is 9.89 Å². The fraction of sp³-hybridized carbons (Fsp3) is 0.222. The van der Waals surface area contributed by atoms with Gasteiger partial charge in [0.2, 0.25) is 0 Å². The van der Waals surface area contributed by atoms with Crippen LogP contribution in [0.3, 0.4) is 0 Å². The van der Waals surface area contributed by atoms with E-state index in [4.69, 9.17) is 5.11 Å². The van der Waals surface area contributed by atoms with Crippen LogP contribution in [0.5, 0.6) is 0 Å². The third-order valence-electron chi connectivity index (χ3n) is 3.90. The maximum Gasteiger partial charge on any atom is 0.347 e. The molecule has 0 aliphatic carbocycles. The van der Waals surface area contributed by atoms with E-state index >= 15 is 0 Å². The minimum atomic E-state index is -1.01. The highest BCUT2D eigenvalue weighted by molar-refractivity contribution is 7.13. The van der Waals surface area contributed by atoms with Gasteiger partial charge in [-0.2, -0.15) is 5.10 Å². The van der Waals surface area contributed by atoms with Crippen LogP contribution in [0, 0.1) is 13.8 Å². The molecule has 0 saturated heterocycles. The molecule has 26 heavy (non-hydrogen) atoms. The number of H-pyrrole nitrogens is 1. The summed E-state index contributed by atoms with van der Waals surface area (Å²) in [5.41, 5.74) is 3.53. The van der Waals surface area contributed by atoms with Crippen molar-refractivity contribution in [2.75, 3.05) is 0 Å². The van der Waals surface area contributed by atoms with Crippen molar-refractivity contribution < 1.29 is 14.7 Å². The lowest BCUT2D eigenvalue weighted by Crippen LogP contribution is -2.26. The number of nitrogens with zero attached hydrogens (tertiary/aromatic N) is 2. The zero-order valence-electron chi connectivity index (χ0n) is 14.5. The highest BCUT2D eigenvalue weighted by Crippen LogP contribution is 2.24. The first-order chi connectivity index (χ1) is 12.3. The van der Waals surface area contributed by atoms with E-state index in [1.54, 1.807) is 19.9 Å². The van der Waals surface area contributed by atoms with E-state index in [2.05, 4.69) is 20.5 Å². The maximum atomic E-state index is 12.4. The highest BCUT2D eigenvalue weighted by atomic mass is 32.1. The SMILES string of the molecule is Cc1ccc(-c2cc(C(=O)NC(C)c3nc(C)c(C(=O)O)s3)[nH]n2)cc1. The van der Waals surface area contributed by atoms with Crippen molar-refractivity contribution in [3.05, 3.63) is 57.2 Å². The van der Waals surface area contributed by atoms with Crippen LogP contribution in [-0.4, -0.2) is 32.2 Å². The molecule has 0 aliphatic rings. The Bertz CT molecular complexity index is 959. The summed E-state index contributed by atoms with van der Waals surface area (Å²) in [5, 5.41) is 19.4. The summed E-state index contributed by atoms with van der Waals surface area (Å²) >= 11 is 1.07. The molecular weight excluding hydrogens is 352 g/mol. The molecule has 2 aromatic heterocycles. The van der Waals surface area contributed by atoms with Crippen molar-refractivity contribution in [1.29, 1.82) is 0 Å². The second kappa shape index (κ2) is 7.09. The van der Waals surface area contributed by atoms with Crippen molar-refractivity contribution in [3.63, 3.8) is 0 Å². The first-order valence-electron chi connectivity index (χ1n) is 7.99. The Hall–Kier alpha value is -3.00. The summed E-state index contributed by atoms with van der Waals surface area (Å²) in [6.07, 6.45) is 0. The molecule has 7 nitrogen and oxygen atoms in total. The smallest absolute Gasteiger partial charge is 0.347 e. The van der Waals surface area contributed by atoms with E-state index < -0.39 is 12.0 Å². The van der Waals surface area contributed by atoms with Gasteiger partial charge in [-0.15, -0.1) is 11.3 Å². The monoisotopic (exact) mass is 370 g/mol. The molecule has 0 radical (unpaired) electrons. The van der Waals surface area contributed by atoms with Crippen molar-refractivity contribution in [2.24, 2.45) is 0 Å². The summed E-state index contributed by atoms with van der Waals surface area (Å²) in [7, 11) is 0. The molecule has 1 atom stereocenters. The number of hydrogen-bond acceptors (Lipinski definition) is 5. The number of carboxylic acids is 1. The van der Waals surface area contributed by atoms with E-state index in [1.165, 1.54) is 0 Å². The Balaban J connectivity index is 1.73. The number of aromatic carboxylic acids is 1. The molecule has 1 aromatic carbocycles. The number of aryl methyl sites for hydroxylation is 2. The molecule has 1 amide bonds. The van der Waals surface area contributed by atoms with Gasteiger partial charge >= 0.3 is 5.97 Å². The molecule has 3 aromatic rings. The Morgan fingerprint density at radius 1 is 1.23 bits per heavy atom. The van der Waals surface area contributed by atoms with Crippen LogP contribution < -0.4 is 5.32 Å². The normalized spacial score (nSPS) is 12.0. The van der Waals surface area contributed by atoms with E-state index in [0.717, 1.165) is 22.5 Å². The van der Waals surface area contributed by atoms with E-state index in [0.29, 0.717) is 22.1 Å². The quantitative estimate of drug-likeness (QED) is 0.638. The Kier molecular flexibility index (Phi) is 4.85. The van der Waals surface area contributed by atoms with Crippen molar-refractivity contribution in [1.82, 2.24) is 20.5 Å². The number of carbonyl (C=O) groups excluding carboxylic acids is 1. The molecule has 134 valence electrons. The summed E-state index contributed by atoms with van der Waals surface area (Å²) in [6.45, 7) is 5.41. The largest absolute Gasteiger partial charge is 0.477 e. The van der Waals surface area contributed by atoms with Crippen LogP contribution in [0.1, 0.15) is 49.4 Å². The lowest BCUT2D eigenvalue weighted by atomic mass is 10.1. The average molecular weight is 370 g/mol. The van der Waals surface area contributed by atoms with Gasteiger partial charge in [0.1, 0.15) is 15.6 Å². The van der Waals surface area contributed by atoms with Gasteiger partial charge in [0, 0.05) is 5.56 Å². The van der Waals surface area contributed by atoms with Gasteiger partial charge in [-0.1, -0.05) is 29.8 Å². The Morgan fingerprint density at radius 3 is 2.54 bits per heavy atom. The number of aromatic amines is 1. The molecule has 2 heterocycles. The van der Waals surface area contributed by atoms with Crippen molar-refractivity contribution in [3.8, 4) is 11.3 Å². The van der Waals surface area contributed by atoms with Crippen LogP contribution in [0.2, 0.25) is 0 Å². The van der Waals surface area contributed by atoms with Gasteiger partial charge in [-0.25, -0.2) is 9.78 Å². The van der Waals surface area contributed by atoms with Crippen LogP contribution in [0.15, 0.2) is 30.3 Å². The van der Waals surface area contributed by atoms with Gasteiger partial charge in [0.25, 0.3) is 5.91 Å². The zero-order chi connectivity index (χ0) is 18.8. The Labute approximate surface area is 154 Å². The molecule has 0 aliphatic heterocycles. The zero-order valence-corrected chi connectivity index (χ0v) is 15.3.